The second kappa shape index (κ2) is 7.56. The van der Waals surface area contributed by atoms with Crippen molar-refractivity contribution in [3.8, 4) is 6.07 Å². The summed E-state index contributed by atoms with van der Waals surface area (Å²) in [6, 6.07) is 1.27. The molecule has 0 spiro atoms. The van der Waals surface area contributed by atoms with Gasteiger partial charge >= 0.3 is 0 Å². The van der Waals surface area contributed by atoms with E-state index in [0.717, 1.165) is 0 Å². The van der Waals surface area contributed by atoms with Gasteiger partial charge in [-0.15, -0.1) is 0 Å². The molecule has 2 unspecified atom stereocenters. The van der Waals surface area contributed by atoms with E-state index in [1.54, 1.807) is 13.8 Å². The standard InChI is InChI=1S/C16H27FN4O3S/c1-12(2)25(23,24)20-6-4-16(3,5-7-20)19-10-15(22)21-11-13(17)8-14(21)9-18/h12-14,19H,4-8,10-11H2,1-3H3. The average molecular weight is 374 g/mol. The molecule has 9 heteroatoms. The number of halogens is 1. The van der Waals surface area contributed by atoms with Gasteiger partial charge < -0.3 is 10.2 Å². The zero-order valence-electron chi connectivity index (χ0n) is 15.0. The number of sulfonamides is 1. The highest BCUT2D eigenvalue weighted by atomic mass is 32.2. The summed E-state index contributed by atoms with van der Waals surface area (Å²) in [6.45, 7) is 6.11. The van der Waals surface area contributed by atoms with Crippen molar-refractivity contribution in [1.29, 1.82) is 5.26 Å². The molecule has 1 amide bonds. The lowest BCUT2D eigenvalue weighted by atomic mass is 9.90. The van der Waals surface area contributed by atoms with Crippen molar-refractivity contribution in [3.63, 3.8) is 0 Å². The smallest absolute Gasteiger partial charge is 0.237 e. The largest absolute Gasteiger partial charge is 0.323 e. The third-order valence-electron chi connectivity index (χ3n) is 5.17. The van der Waals surface area contributed by atoms with Gasteiger partial charge in [-0.25, -0.2) is 17.1 Å². The van der Waals surface area contributed by atoms with E-state index in [0.29, 0.717) is 25.9 Å². The molecule has 0 aromatic carbocycles. The van der Waals surface area contributed by atoms with Crippen molar-refractivity contribution in [2.75, 3.05) is 26.2 Å². The number of rotatable bonds is 5. The van der Waals surface area contributed by atoms with Crippen LogP contribution >= 0.6 is 0 Å². The lowest BCUT2D eigenvalue weighted by Gasteiger charge is -2.40. The molecule has 2 heterocycles. The second-order valence-corrected chi connectivity index (χ2v) is 9.92. The Morgan fingerprint density at radius 2 is 2.00 bits per heavy atom. The normalized spacial score (nSPS) is 27.4. The summed E-state index contributed by atoms with van der Waals surface area (Å²) in [5.74, 6) is -0.287. The Balaban J connectivity index is 1.88. The van der Waals surface area contributed by atoms with Gasteiger partial charge in [0, 0.05) is 25.0 Å². The van der Waals surface area contributed by atoms with Crippen LogP contribution in [0.4, 0.5) is 4.39 Å². The summed E-state index contributed by atoms with van der Waals surface area (Å²) in [4.78, 5) is 13.6. The van der Waals surface area contributed by atoms with Crippen molar-refractivity contribution >= 4 is 15.9 Å². The topological polar surface area (TPSA) is 93.5 Å². The molecule has 2 saturated heterocycles. The van der Waals surface area contributed by atoms with E-state index in [4.69, 9.17) is 5.26 Å². The van der Waals surface area contributed by atoms with E-state index in [1.807, 2.05) is 13.0 Å². The fourth-order valence-electron chi connectivity index (χ4n) is 3.28. The third kappa shape index (κ3) is 4.49. The number of nitriles is 1. The second-order valence-electron chi connectivity index (χ2n) is 7.43. The Hall–Kier alpha value is -1.24. The maximum Gasteiger partial charge on any atom is 0.237 e. The molecule has 2 aliphatic heterocycles. The van der Waals surface area contributed by atoms with Gasteiger partial charge in [0.05, 0.1) is 24.4 Å². The lowest BCUT2D eigenvalue weighted by molar-refractivity contribution is -0.130. The van der Waals surface area contributed by atoms with Crippen LogP contribution in [0.5, 0.6) is 0 Å². The van der Waals surface area contributed by atoms with Gasteiger partial charge in [-0.1, -0.05) is 0 Å². The van der Waals surface area contributed by atoms with Crippen molar-refractivity contribution in [3.05, 3.63) is 0 Å². The van der Waals surface area contributed by atoms with Crippen molar-refractivity contribution in [2.24, 2.45) is 0 Å². The minimum absolute atomic E-state index is 0.0261. The number of carbonyl (C=O) groups is 1. The van der Waals surface area contributed by atoms with Crippen LogP contribution in [0.1, 0.15) is 40.0 Å². The first-order valence-corrected chi connectivity index (χ1v) is 10.2. The van der Waals surface area contributed by atoms with E-state index in [2.05, 4.69) is 5.32 Å². The maximum absolute atomic E-state index is 13.4. The van der Waals surface area contributed by atoms with Gasteiger partial charge in [-0.05, 0) is 33.6 Å². The zero-order chi connectivity index (χ0) is 18.8. The summed E-state index contributed by atoms with van der Waals surface area (Å²) in [7, 11) is -3.26. The molecule has 0 aromatic rings. The molecule has 0 radical (unpaired) electrons. The fraction of sp³-hybridized carbons (Fsp3) is 0.875. The van der Waals surface area contributed by atoms with Crippen LogP contribution < -0.4 is 5.32 Å². The number of nitrogens with one attached hydrogen (secondary N) is 1. The minimum atomic E-state index is -3.26. The minimum Gasteiger partial charge on any atom is -0.323 e. The first-order valence-electron chi connectivity index (χ1n) is 8.66. The molecule has 2 fully saturated rings. The van der Waals surface area contributed by atoms with Gasteiger partial charge in [0.15, 0.2) is 0 Å². The van der Waals surface area contributed by atoms with Crippen LogP contribution in [0.3, 0.4) is 0 Å². The Bertz CT molecular complexity index is 638. The molecular weight excluding hydrogens is 347 g/mol. The molecule has 1 N–H and O–H groups in total. The molecule has 0 aliphatic carbocycles. The number of alkyl halides is 1. The predicted molar refractivity (Wildman–Crippen MR) is 91.9 cm³/mol. The van der Waals surface area contributed by atoms with E-state index >= 15 is 0 Å². The van der Waals surface area contributed by atoms with Crippen LogP contribution in [0, 0.1) is 11.3 Å². The fourth-order valence-corrected chi connectivity index (χ4v) is 4.57. The number of hydrogen-bond acceptors (Lipinski definition) is 5. The molecule has 2 atom stereocenters. The Morgan fingerprint density at radius 3 is 2.52 bits per heavy atom. The van der Waals surface area contributed by atoms with Crippen LogP contribution in [0.15, 0.2) is 0 Å². The highest BCUT2D eigenvalue weighted by Crippen LogP contribution is 2.25. The van der Waals surface area contributed by atoms with Crippen LogP contribution in [-0.4, -0.2) is 72.7 Å². The van der Waals surface area contributed by atoms with Crippen molar-refractivity contribution < 1.29 is 17.6 Å². The molecule has 0 bridgehead atoms. The number of hydrogen-bond donors (Lipinski definition) is 1. The predicted octanol–water partition coefficient (Wildman–Crippen LogP) is 0.631. The van der Waals surface area contributed by atoms with Gasteiger partial charge in [0.25, 0.3) is 0 Å². The van der Waals surface area contributed by atoms with Crippen LogP contribution in [0.25, 0.3) is 0 Å². The van der Waals surface area contributed by atoms with Crippen LogP contribution in [0.2, 0.25) is 0 Å². The van der Waals surface area contributed by atoms with E-state index in [1.165, 1.54) is 9.21 Å². The molecule has 142 valence electrons. The first-order chi connectivity index (χ1) is 11.6. The summed E-state index contributed by atoms with van der Waals surface area (Å²) >= 11 is 0. The number of carbonyl (C=O) groups excluding carboxylic acids is 1. The number of amides is 1. The molecule has 0 aromatic heterocycles. The van der Waals surface area contributed by atoms with Crippen molar-refractivity contribution in [1.82, 2.24) is 14.5 Å². The number of likely N-dealkylation sites (tertiary alicyclic amines) is 1. The molecule has 25 heavy (non-hydrogen) atoms. The SMILES string of the molecule is CC(C)S(=O)(=O)N1CCC(C)(NCC(=O)N2CC(F)CC2C#N)CC1. The average Bonchev–Trinajstić information content (AvgIpc) is 2.94. The Morgan fingerprint density at radius 1 is 1.40 bits per heavy atom. The highest BCUT2D eigenvalue weighted by molar-refractivity contribution is 7.89. The van der Waals surface area contributed by atoms with Gasteiger partial charge in [0.1, 0.15) is 12.2 Å². The van der Waals surface area contributed by atoms with Gasteiger partial charge in [0.2, 0.25) is 15.9 Å². The summed E-state index contributed by atoms with van der Waals surface area (Å²) in [6.07, 6.45) is 0.120. The summed E-state index contributed by atoms with van der Waals surface area (Å²) < 4.78 is 39.4. The third-order valence-corrected chi connectivity index (χ3v) is 7.44. The summed E-state index contributed by atoms with van der Waals surface area (Å²) in [5, 5.41) is 11.8. The van der Waals surface area contributed by atoms with E-state index in [-0.39, 0.29) is 31.0 Å². The Labute approximate surface area is 149 Å². The highest BCUT2D eigenvalue weighted by Gasteiger charge is 2.38. The number of nitrogens with zero attached hydrogens (tertiary/aromatic N) is 3. The van der Waals surface area contributed by atoms with Crippen LogP contribution in [-0.2, 0) is 14.8 Å². The van der Waals surface area contributed by atoms with Crippen molar-refractivity contribution in [2.45, 2.75) is 63.0 Å². The molecular formula is C16H27FN4O3S. The monoisotopic (exact) mass is 374 g/mol. The first kappa shape index (κ1) is 20.1. The van der Waals surface area contributed by atoms with Gasteiger partial charge in [-0.2, -0.15) is 5.26 Å². The molecule has 0 saturated carbocycles. The van der Waals surface area contributed by atoms with E-state index < -0.39 is 27.5 Å². The number of piperidine rings is 1. The lowest BCUT2D eigenvalue weighted by Crippen LogP contribution is -2.55. The molecule has 7 nitrogen and oxygen atoms in total. The zero-order valence-corrected chi connectivity index (χ0v) is 15.9. The Kier molecular flexibility index (Phi) is 6.07. The summed E-state index contributed by atoms with van der Waals surface area (Å²) in [5.41, 5.74) is -0.352. The molecule has 2 aliphatic rings. The quantitative estimate of drug-likeness (QED) is 0.762. The maximum atomic E-state index is 13.4. The van der Waals surface area contributed by atoms with E-state index in [9.17, 15) is 17.6 Å². The van der Waals surface area contributed by atoms with Gasteiger partial charge in [-0.3, -0.25) is 4.79 Å². The molecule has 2 rings (SSSR count).